The standard InChI is InChI=1S/C22H26N2O3/c1-16-14-24(12-13-27-16)21(25)18-8-5-11-23(15-18)22(26)20-10-4-7-17-6-2-3-9-19(17)20/h2-4,6-7,9-10,16,18H,5,8,11-15H2,1H3. The topological polar surface area (TPSA) is 49.9 Å². The number of ether oxygens (including phenoxy) is 1. The van der Waals surface area contributed by atoms with Gasteiger partial charge in [-0.3, -0.25) is 9.59 Å². The summed E-state index contributed by atoms with van der Waals surface area (Å²) in [6, 6.07) is 13.8. The summed E-state index contributed by atoms with van der Waals surface area (Å²) >= 11 is 0. The van der Waals surface area contributed by atoms with Crippen molar-refractivity contribution in [2.24, 2.45) is 5.92 Å². The molecule has 2 unspecified atom stereocenters. The largest absolute Gasteiger partial charge is 0.375 e. The van der Waals surface area contributed by atoms with E-state index >= 15 is 0 Å². The van der Waals surface area contributed by atoms with Gasteiger partial charge < -0.3 is 14.5 Å². The monoisotopic (exact) mass is 366 g/mol. The van der Waals surface area contributed by atoms with Gasteiger partial charge in [0.2, 0.25) is 5.91 Å². The molecule has 2 aromatic carbocycles. The first-order chi connectivity index (χ1) is 13.1. The van der Waals surface area contributed by atoms with E-state index in [1.165, 1.54) is 0 Å². The summed E-state index contributed by atoms with van der Waals surface area (Å²) in [6.07, 6.45) is 1.80. The minimum Gasteiger partial charge on any atom is -0.375 e. The van der Waals surface area contributed by atoms with E-state index in [1.54, 1.807) is 0 Å². The molecule has 5 heteroatoms. The zero-order valence-corrected chi connectivity index (χ0v) is 15.8. The van der Waals surface area contributed by atoms with Gasteiger partial charge in [-0.25, -0.2) is 0 Å². The molecule has 2 amide bonds. The van der Waals surface area contributed by atoms with Crippen molar-refractivity contribution in [2.45, 2.75) is 25.9 Å². The van der Waals surface area contributed by atoms with Crippen molar-refractivity contribution in [1.82, 2.24) is 9.80 Å². The lowest BCUT2D eigenvalue weighted by atomic mass is 9.95. The van der Waals surface area contributed by atoms with Crippen LogP contribution in [0.25, 0.3) is 10.8 Å². The summed E-state index contributed by atoms with van der Waals surface area (Å²) in [5.74, 6) is 0.0863. The molecule has 2 saturated heterocycles. The molecular formula is C22H26N2O3. The Morgan fingerprint density at radius 3 is 2.67 bits per heavy atom. The Morgan fingerprint density at radius 1 is 1.00 bits per heavy atom. The fourth-order valence-corrected chi connectivity index (χ4v) is 4.22. The average Bonchev–Trinajstić information content (AvgIpc) is 2.72. The maximum absolute atomic E-state index is 13.2. The van der Waals surface area contributed by atoms with Crippen molar-refractivity contribution in [3.05, 3.63) is 48.0 Å². The van der Waals surface area contributed by atoms with E-state index in [9.17, 15) is 9.59 Å². The van der Waals surface area contributed by atoms with Gasteiger partial charge in [0.05, 0.1) is 18.6 Å². The van der Waals surface area contributed by atoms with Crippen LogP contribution in [0.5, 0.6) is 0 Å². The van der Waals surface area contributed by atoms with Gasteiger partial charge in [-0.05, 0) is 36.6 Å². The van der Waals surface area contributed by atoms with E-state index in [0.29, 0.717) is 32.8 Å². The Morgan fingerprint density at radius 2 is 1.81 bits per heavy atom. The predicted molar refractivity (Wildman–Crippen MR) is 105 cm³/mol. The highest BCUT2D eigenvalue weighted by atomic mass is 16.5. The number of benzene rings is 2. The third-order valence-corrected chi connectivity index (χ3v) is 5.63. The molecule has 142 valence electrons. The van der Waals surface area contributed by atoms with Gasteiger partial charge in [0.25, 0.3) is 5.91 Å². The number of morpholine rings is 1. The van der Waals surface area contributed by atoms with Crippen molar-refractivity contribution >= 4 is 22.6 Å². The lowest BCUT2D eigenvalue weighted by molar-refractivity contribution is -0.143. The lowest BCUT2D eigenvalue weighted by Crippen LogP contribution is -2.51. The van der Waals surface area contributed by atoms with E-state index in [-0.39, 0.29) is 23.8 Å². The summed E-state index contributed by atoms with van der Waals surface area (Å²) < 4.78 is 5.55. The Labute approximate surface area is 159 Å². The molecule has 2 atom stereocenters. The van der Waals surface area contributed by atoms with E-state index in [0.717, 1.165) is 29.2 Å². The zero-order valence-electron chi connectivity index (χ0n) is 15.8. The smallest absolute Gasteiger partial charge is 0.254 e. The third kappa shape index (κ3) is 3.69. The first-order valence-corrected chi connectivity index (χ1v) is 9.81. The molecule has 27 heavy (non-hydrogen) atoms. The van der Waals surface area contributed by atoms with Crippen LogP contribution in [-0.4, -0.2) is 60.5 Å². The van der Waals surface area contributed by atoms with Gasteiger partial charge in [0, 0.05) is 31.7 Å². The highest BCUT2D eigenvalue weighted by molar-refractivity contribution is 6.07. The number of hydrogen-bond donors (Lipinski definition) is 0. The molecule has 2 aromatic rings. The highest BCUT2D eigenvalue weighted by Gasteiger charge is 2.33. The normalized spacial score (nSPS) is 23.4. The van der Waals surface area contributed by atoms with Crippen LogP contribution >= 0.6 is 0 Å². The van der Waals surface area contributed by atoms with Crippen LogP contribution in [0, 0.1) is 5.92 Å². The molecule has 5 nitrogen and oxygen atoms in total. The number of likely N-dealkylation sites (tertiary alicyclic amines) is 1. The molecular weight excluding hydrogens is 340 g/mol. The van der Waals surface area contributed by atoms with Gasteiger partial charge in [0.15, 0.2) is 0 Å². The van der Waals surface area contributed by atoms with Gasteiger partial charge >= 0.3 is 0 Å². The Hall–Kier alpha value is -2.40. The summed E-state index contributed by atoms with van der Waals surface area (Å²) in [7, 11) is 0. The second kappa shape index (κ2) is 7.69. The van der Waals surface area contributed by atoms with Gasteiger partial charge in [-0.1, -0.05) is 36.4 Å². The molecule has 0 aromatic heterocycles. The average molecular weight is 366 g/mol. The molecule has 0 radical (unpaired) electrons. The second-order valence-electron chi connectivity index (χ2n) is 7.58. The maximum atomic E-state index is 13.2. The molecule has 2 aliphatic heterocycles. The van der Waals surface area contributed by atoms with Gasteiger partial charge in [-0.15, -0.1) is 0 Å². The van der Waals surface area contributed by atoms with Crippen molar-refractivity contribution in [1.29, 1.82) is 0 Å². The lowest BCUT2D eigenvalue weighted by Gasteiger charge is -2.37. The van der Waals surface area contributed by atoms with E-state index < -0.39 is 0 Å². The number of carbonyl (C=O) groups excluding carboxylic acids is 2. The van der Waals surface area contributed by atoms with Crippen LogP contribution in [0.1, 0.15) is 30.1 Å². The fraction of sp³-hybridized carbons (Fsp3) is 0.455. The molecule has 2 fully saturated rings. The van der Waals surface area contributed by atoms with Crippen LogP contribution in [0.2, 0.25) is 0 Å². The molecule has 0 spiro atoms. The van der Waals surface area contributed by atoms with Crippen molar-refractivity contribution in [3.63, 3.8) is 0 Å². The number of nitrogens with zero attached hydrogens (tertiary/aromatic N) is 2. The fourth-order valence-electron chi connectivity index (χ4n) is 4.22. The van der Waals surface area contributed by atoms with Crippen LogP contribution in [-0.2, 0) is 9.53 Å². The quantitative estimate of drug-likeness (QED) is 0.821. The predicted octanol–water partition coefficient (Wildman–Crippen LogP) is 2.94. The van der Waals surface area contributed by atoms with E-state index in [4.69, 9.17) is 4.74 Å². The first-order valence-electron chi connectivity index (χ1n) is 9.81. The van der Waals surface area contributed by atoms with Gasteiger partial charge in [0.1, 0.15) is 0 Å². The third-order valence-electron chi connectivity index (χ3n) is 5.63. The summed E-state index contributed by atoms with van der Waals surface area (Å²) in [5.41, 5.74) is 0.723. The first kappa shape index (κ1) is 18.0. The number of amides is 2. The van der Waals surface area contributed by atoms with Crippen molar-refractivity contribution < 1.29 is 14.3 Å². The van der Waals surface area contributed by atoms with Gasteiger partial charge in [-0.2, -0.15) is 0 Å². The van der Waals surface area contributed by atoms with Crippen LogP contribution in [0.15, 0.2) is 42.5 Å². The number of rotatable bonds is 2. The minimum absolute atomic E-state index is 0.0274. The van der Waals surface area contributed by atoms with Crippen LogP contribution in [0.3, 0.4) is 0 Å². The highest BCUT2D eigenvalue weighted by Crippen LogP contribution is 2.25. The zero-order chi connectivity index (χ0) is 18.8. The van der Waals surface area contributed by atoms with Crippen LogP contribution < -0.4 is 0 Å². The minimum atomic E-state index is -0.108. The molecule has 0 N–H and O–H groups in total. The van der Waals surface area contributed by atoms with Crippen LogP contribution in [0.4, 0.5) is 0 Å². The number of piperidine rings is 1. The number of hydrogen-bond acceptors (Lipinski definition) is 3. The summed E-state index contributed by atoms with van der Waals surface area (Å²) in [4.78, 5) is 29.9. The van der Waals surface area contributed by atoms with Crippen molar-refractivity contribution in [3.8, 4) is 0 Å². The Kier molecular flexibility index (Phi) is 5.12. The molecule has 4 rings (SSSR count). The molecule has 2 heterocycles. The van der Waals surface area contributed by atoms with E-state index in [1.807, 2.05) is 59.2 Å². The molecule has 0 saturated carbocycles. The molecule has 0 bridgehead atoms. The maximum Gasteiger partial charge on any atom is 0.254 e. The van der Waals surface area contributed by atoms with E-state index in [2.05, 4.69) is 0 Å². The molecule has 2 aliphatic rings. The molecule has 0 aliphatic carbocycles. The summed E-state index contributed by atoms with van der Waals surface area (Å²) in [6.45, 7) is 5.11. The Bertz CT molecular complexity index is 845. The second-order valence-corrected chi connectivity index (χ2v) is 7.58. The SMILES string of the molecule is CC1CN(C(=O)C2CCCN(C(=O)c3cccc4ccccc34)C2)CCO1. The number of fused-ring (bicyclic) bond motifs is 1. The van der Waals surface area contributed by atoms with Crippen molar-refractivity contribution in [2.75, 3.05) is 32.8 Å². The number of carbonyl (C=O) groups is 2. The summed E-state index contributed by atoms with van der Waals surface area (Å²) in [5, 5.41) is 2.04. The Balaban J connectivity index is 1.50.